The van der Waals surface area contributed by atoms with Gasteiger partial charge in [-0.05, 0) is 23.0 Å². The van der Waals surface area contributed by atoms with E-state index in [0.717, 1.165) is 10.7 Å². The van der Waals surface area contributed by atoms with Crippen molar-refractivity contribution in [1.82, 2.24) is 15.0 Å². The molecule has 1 unspecified atom stereocenters. The van der Waals surface area contributed by atoms with Crippen molar-refractivity contribution in [3.63, 3.8) is 0 Å². The zero-order valence-electron chi connectivity index (χ0n) is 10.4. The molecule has 3 atom stereocenters. The Bertz CT molecular complexity index is 590. The molecule has 0 aromatic carbocycles. The van der Waals surface area contributed by atoms with E-state index in [4.69, 9.17) is 9.84 Å². The third-order valence-electron chi connectivity index (χ3n) is 3.22. The number of nitrogens with one attached hydrogen (secondary N) is 1. The van der Waals surface area contributed by atoms with Crippen LogP contribution in [-0.2, 0) is 4.74 Å². The Morgan fingerprint density at radius 1 is 1.63 bits per heavy atom. The Morgan fingerprint density at radius 3 is 3.16 bits per heavy atom. The molecule has 0 radical (unpaired) electrons. The molecule has 1 aliphatic heterocycles. The van der Waals surface area contributed by atoms with Crippen LogP contribution in [0.2, 0.25) is 0 Å². The van der Waals surface area contributed by atoms with E-state index >= 15 is 0 Å². The van der Waals surface area contributed by atoms with Crippen LogP contribution in [0.5, 0.6) is 0 Å². The van der Waals surface area contributed by atoms with Crippen molar-refractivity contribution in [2.45, 2.75) is 30.0 Å². The largest absolute Gasteiger partial charge is 0.394 e. The number of nitrogens with zero attached hydrogens (tertiary/aromatic N) is 3. The van der Waals surface area contributed by atoms with Gasteiger partial charge in [-0.15, -0.1) is 0 Å². The summed E-state index contributed by atoms with van der Waals surface area (Å²) in [6.45, 7) is -0.188. The lowest BCUT2D eigenvalue weighted by molar-refractivity contribution is -0.793. The Hall–Kier alpha value is -1.22. The zero-order chi connectivity index (χ0) is 13.4. The first-order valence-corrected chi connectivity index (χ1v) is 7.19. The smallest absolute Gasteiger partial charge is 0.363 e. The Labute approximate surface area is 113 Å². The van der Waals surface area contributed by atoms with Crippen LogP contribution in [0.4, 0.5) is 0 Å². The van der Waals surface area contributed by atoms with Gasteiger partial charge in [0.2, 0.25) is 6.23 Å². The van der Waals surface area contributed by atoms with Gasteiger partial charge in [0.1, 0.15) is 12.3 Å². The second kappa shape index (κ2) is 5.04. The molecule has 3 N–H and O–H groups in total. The highest BCUT2D eigenvalue weighted by molar-refractivity contribution is 7.98. The molecule has 19 heavy (non-hydrogen) atoms. The highest BCUT2D eigenvalue weighted by Gasteiger charge is 2.38. The summed E-state index contributed by atoms with van der Waals surface area (Å²) >= 11 is 1.48. The molecule has 3 rings (SSSR count). The number of aliphatic hydroxyl groups excluding tert-OH is 2. The van der Waals surface area contributed by atoms with Crippen LogP contribution in [0.1, 0.15) is 12.6 Å². The molecule has 0 aliphatic carbocycles. The van der Waals surface area contributed by atoms with Gasteiger partial charge in [0.05, 0.1) is 19.0 Å². The zero-order valence-corrected chi connectivity index (χ0v) is 11.2. The van der Waals surface area contributed by atoms with Crippen LogP contribution in [0.25, 0.3) is 11.2 Å². The number of aliphatic hydroxyl groups is 2. The summed E-state index contributed by atoms with van der Waals surface area (Å²) in [5.74, 6) is 0. The lowest BCUT2D eigenvalue weighted by Crippen LogP contribution is -2.42. The quantitative estimate of drug-likeness (QED) is 0.403. The number of hydrogen-bond donors (Lipinski definition) is 3. The van der Waals surface area contributed by atoms with Gasteiger partial charge in [0, 0.05) is 6.42 Å². The minimum absolute atomic E-state index is 0.188. The van der Waals surface area contributed by atoms with E-state index in [1.54, 1.807) is 6.33 Å². The average molecular weight is 283 g/mol. The molecular formula is C11H15N4O3S+. The van der Waals surface area contributed by atoms with E-state index in [-0.39, 0.29) is 12.8 Å². The molecule has 3 heterocycles. The number of aromatic amines is 1. The van der Waals surface area contributed by atoms with Gasteiger partial charge in [-0.3, -0.25) is 0 Å². The standard InChI is InChI=1S/C11H14N4O3S/c1-19-11-14-10-6(12-5-13-10)3-15(11)9-2-7(17)8(4-16)18-9/h3,5,7-9,16-17H,2,4H2,1H3/p+1/t7-,8+,9?/m0/s1. The molecular weight excluding hydrogens is 268 g/mol. The second-order valence-electron chi connectivity index (χ2n) is 4.39. The predicted molar refractivity (Wildman–Crippen MR) is 67.5 cm³/mol. The van der Waals surface area contributed by atoms with Crippen molar-refractivity contribution in [3.05, 3.63) is 12.5 Å². The summed E-state index contributed by atoms with van der Waals surface area (Å²) < 4.78 is 7.52. The molecule has 2 aromatic heterocycles. The van der Waals surface area contributed by atoms with E-state index < -0.39 is 12.2 Å². The lowest BCUT2D eigenvalue weighted by Gasteiger charge is -2.11. The van der Waals surface area contributed by atoms with Gasteiger partial charge in [-0.1, -0.05) is 0 Å². The third-order valence-corrected chi connectivity index (χ3v) is 3.88. The molecule has 1 saturated heterocycles. The van der Waals surface area contributed by atoms with E-state index in [1.807, 2.05) is 17.0 Å². The highest BCUT2D eigenvalue weighted by atomic mass is 32.2. The van der Waals surface area contributed by atoms with Gasteiger partial charge in [0.25, 0.3) is 5.65 Å². The van der Waals surface area contributed by atoms with Crippen molar-refractivity contribution in [2.24, 2.45) is 0 Å². The van der Waals surface area contributed by atoms with Crippen molar-refractivity contribution >= 4 is 22.9 Å². The monoisotopic (exact) mass is 283 g/mol. The van der Waals surface area contributed by atoms with Crippen molar-refractivity contribution in [2.75, 3.05) is 12.9 Å². The van der Waals surface area contributed by atoms with E-state index in [1.165, 1.54) is 11.8 Å². The number of thioether (sulfide) groups is 1. The molecule has 2 aromatic rings. The molecule has 1 aliphatic rings. The Balaban J connectivity index is 1.99. The molecule has 0 spiro atoms. The minimum atomic E-state index is -0.658. The first kappa shape index (κ1) is 12.8. The van der Waals surface area contributed by atoms with Gasteiger partial charge < -0.3 is 19.9 Å². The van der Waals surface area contributed by atoms with Gasteiger partial charge in [-0.2, -0.15) is 9.55 Å². The molecule has 102 valence electrons. The van der Waals surface area contributed by atoms with Crippen LogP contribution in [-0.4, -0.2) is 50.2 Å². The Morgan fingerprint density at radius 2 is 2.47 bits per heavy atom. The topological polar surface area (TPSA) is 95.1 Å². The Kier molecular flexibility index (Phi) is 3.40. The summed E-state index contributed by atoms with van der Waals surface area (Å²) in [7, 11) is 0. The van der Waals surface area contributed by atoms with E-state index in [2.05, 4.69) is 15.0 Å². The third kappa shape index (κ3) is 2.20. The van der Waals surface area contributed by atoms with Crippen LogP contribution < -0.4 is 4.57 Å². The van der Waals surface area contributed by atoms with E-state index in [9.17, 15) is 5.11 Å². The summed E-state index contributed by atoms with van der Waals surface area (Å²) in [5.41, 5.74) is 1.46. The molecule has 0 amide bonds. The van der Waals surface area contributed by atoms with Gasteiger partial charge >= 0.3 is 5.16 Å². The summed E-state index contributed by atoms with van der Waals surface area (Å²) in [5, 5.41) is 19.7. The molecule has 0 bridgehead atoms. The van der Waals surface area contributed by atoms with Gasteiger partial charge in [-0.25, -0.2) is 0 Å². The first-order chi connectivity index (χ1) is 9.22. The number of hydrogen-bond acceptors (Lipinski definition) is 6. The van der Waals surface area contributed by atoms with Gasteiger partial charge in [0.15, 0.2) is 5.52 Å². The summed E-state index contributed by atoms with van der Waals surface area (Å²) in [6, 6.07) is 0. The van der Waals surface area contributed by atoms with Crippen LogP contribution in [0, 0.1) is 0 Å². The maximum Gasteiger partial charge on any atom is 0.363 e. The number of fused-ring (bicyclic) bond motifs is 1. The van der Waals surface area contributed by atoms with Crippen molar-refractivity contribution in [1.29, 1.82) is 0 Å². The molecule has 1 fully saturated rings. The van der Waals surface area contributed by atoms with Crippen molar-refractivity contribution in [3.8, 4) is 0 Å². The predicted octanol–water partition coefficient (Wildman–Crippen LogP) is -0.392. The van der Waals surface area contributed by atoms with Crippen molar-refractivity contribution < 1.29 is 19.5 Å². The fourth-order valence-corrected chi connectivity index (χ4v) is 2.79. The normalized spacial score (nSPS) is 27.2. The fourth-order valence-electron chi connectivity index (χ4n) is 2.23. The first-order valence-electron chi connectivity index (χ1n) is 5.96. The summed E-state index contributed by atoms with van der Waals surface area (Å²) in [6.07, 6.45) is 4.30. The molecule has 7 nitrogen and oxygen atoms in total. The lowest BCUT2D eigenvalue weighted by atomic mass is 10.2. The summed E-state index contributed by atoms with van der Waals surface area (Å²) in [4.78, 5) is 11.6. The number of ether oxygens (including phenoxy) is 1. The van der Waals surface area contributed by atoms with Crippen LogP contribution in [0.15, 0.2) is 17.7 Å². The molecule has 0 saturated carbocycles. The average Bonchev–Trinajstić information content (AvgIpc) is 3.02. The number of imidazole rings is 1. The fraction of sp³-hybridized carbons (Fsp3) is 0.545. The van der Waals surface area contributed by atoms with Crippen LogP contribution in [0.3, 0.4) is 0 Å². The van der Waals surface area contributed by atoms with Crippen LogP contribution >= 0.6 is 11.8 Å². The number of aromatic nitrogens is 4. The number of rotatable bonds is 3. The second-order valence-corrected chi connectivity index (χ2v) is 5.16. The maximum atomic E-state index is 9.81. The maximum absolute atomic E-state index is 9.81. The molecule has 8 heteroatoms. The minimum Gasteiger partial charge on any atom is -0.394 e. The number of H-pyrrole nitrogens is 1. The SMILES string of the molecule is CSc1nc2nc[nH]c2c[n+]1C1C[C@H](O)[C@@H](CO)O1. The van der Waals surface area contributed by atoms with E-state index in [0.29, 0.717) is 12.1 Å². The highest BCUT2D eigenvalue weighted by Crippen LogP contribution is 2.26.